The summed E-state index contributed by atoms with van der Waals surface area (Å²) in [5.41, 5.74) is 8.20. The molecule has 2 aliphatic heterocycles. The Morgan fingerprint density at radius 2 is 1.85 bits per heavy atom. The zero-order valence-corrected chi connectivity index (χ0v) is 23.6. The van der Waals surface area contributed by atoms with E-state index in [1.54, 1.807) is 17.4 Å². The Hall–Kier alpha value is -3.04. The Labute approximate surface area is 238 Å². The van der Waals surface area contributed by atoms with Gasteiger partial charge in [-0.1, -0.05) is 24.6 Å². The van der Waals surface area contributed by atoms with Crippen molar-refractivity contribution in [1.29, 1.82) is 0 Å². The maximum Gasteiger partial charge on any atom is 0.223 e. The summed E-state index contributed by atoms with van der Waals surface area (Å²) in [5, 5.41) is 5.58. The molecule has 2 aromatic heterocycles. The number of rotatable bonds is 7. The molecule has 4 atom stereocenters. The topological polar surface area (TPSA) is 87.4 Å². The molecule has 3 fully saturated rings. The number of likely N-dealkylation sites (tertiary alicyclic amines) is 1. The van der Waals surface area contributed by atoms with Gasteiger partial charge in [0.25, 0.3) is 0 Å². The number of thiophene rings is 1. The molecule has 9 heteroatoms. The van der Waals surface area contributed by atoms with E-state index in [1.165, 1.54) is 32.4 Å². The first-order valence-electron chi connectivity index (χ1n) is 14.8. The molecule has 7 nitrogen and oxygen atoms in total. The molecule has 1 amide bonds. The first kappa shape index (κ1) is 25.9. The minimum absolute atomic E-state index is 0.0728. The molecule has 4 heterocycles. The molecule has 4 unspecified atom stereocenters. The first-order valence-corrected chi connectivity index (χ1v) is 15.7. The summed E-state index contributed by atoms with van der Waals surface area (Å²) in [6.07, 6.45) is 11.9. The van der Waals surface area contributed by atoms with Crippen molar-refractivity contribution in [3.63, 3.8) is 0 Å². The lowest BCUT2D eigenvalue weighted by Crippen LogP contribution is -2.46. The van der Waals surface area contributed by atoms with Crippen LogP contribution in [0.2, 0.25) is 0 Å². The van der Waals surface area contributed by atoms with Crippen molar-refractivity contribution in [2.45, 2.75) is 57.0 Å². The number of primary amides is 1. The molecule has 1 saturated carbocycles. The number of nitrogens with one attached hydrogen (secondary N) is 1. The van der Waals surface area contributed by atoms with E-state index in [4.69, 9.17) is 15.7 Å². The summed E-state index contributed by atoms with van der Waals surface area (Å²) in [5.74, 6) is 1.15. The number of fused-ring (bicyclic) bond motifs is 3. The van der Waals surface area contributed by atoms with Gasteiger partial charge < -0.3 is 20.9 Å². The maximum absolute atomic E-state index is 15.4. The lowest BCUT2D eigenvalue weighted by Gasteiger charge is -2.41. The van der Waals surface area contributed by atoms with E-state index in [0.29, 0.717) is 24.0 Å². The standard InChI is InChI=1S/C31H37FN6OS/c32-23-16-19(4-7-25(23)38-13-8-22(9-14-38)37-11-2-1-3-12-37)17-26-34-24-10-15-40-29(24)31(35-26)36-28-21-6-5-20(18-21)27(28)30(33)39/h4-7,10,15-16,20-22,27-28H,1-3,8-9,11-14,17-18H2,(H2,33,39)(H,34,35,36). The van der Waals surface area contributed by atoms with Crippen LogP contribution in [0.4, 0.5) is 15.9 Å². The van der Waals surface area contributed by atoms with Gasteiger partial charge in [-0.15, -0.1) is 11.3 Å². The van der Waals surface area contributed by atoms with E-state index in [2.05, 4.69) is 27.3 Å². The molecule has 2 saturated heterocycles. The predicted molar refractivity (Wildman–Crippen MR) is 158 cm³/mol. The van der Waals surface area contributed by atoms with Gasteiger partial charge in [-0.2, -0.15) is 0 Å². The Morgan fingerprint density at radius 1 is 1.05 bits per heavy atom. The largest absolute Gasteiger partial charge is 0.369 e. The quantitative estimate of drug-likeness (QED) is 0.397. The fourth-order valence-corrected chi connectivity index (χ4v) is 8.29. The van der Waals surface area contributed by atoms with Crippen molar-refractivity contribution < 1.29 is 9.18 Å². The van der Waals surface area contributed by atoms with Crippen LogP contribution in [0, 0.1) is 23.6 Å². The van der Waals surface area contributed by atoms with Crippen molar-refractivity contribution in [2.24, 2.45) is 23.5 Å². The third-order valence-corrected chi connectivity index (χ3v) is 10.4. The zero-order chi connectivity index (χ0) is 27.2. The number of carbonyl (C=O) groups excluding carboxylic acids is 1. The highest BCUT2D eigenvalue weighted by Crippen LogP contribution is 2.45. The van der Waals surface area contributed by atoms with Crippen molar-refractivity contribution in [2.75, 3.05) is 36.4 Å². The second-order valence-electron chi connectivity index (χ2n) is 11.9. The van der Waals surface area contributed by atoms with E-state index in [0.717, 1.165) is 53.9 Å². The lowest BCUT2D eigenvalue weighted by molar-refractivity contribution is -0.122. The molecule has 210 valence electrons. The molecular formula is C31H37FN6OS. The second-order valence-corrected chi connectivity index (χ2v) is 12.9. The number of halogens is 1. The minimum atomic E-state index is -0.266. The third-order valence-electron chi connectivity index (χ3n) is 9.53. The number of amides is 1. The molecule has 40 heavy (non-hydrogen) atoms. The highest BCUT2D eigenvalue weighted by molar-refractivity contribution is 7.17. The number of allylic oxidation sites excluding steroid dienone is 1. The predicted octanol–water partition coefficient (Wildman–Crippen LogP) is 4.96. The molecular weight excluding hydrogens is 523 g/mol. The van der Waals surface area contributed by atoms with Crippen LogP contribution in [0.1, 0.15) is 49.9 Å². The number of aromatic nitrogens is 2. The second kappa shape index (κ2) is 10.7. The normalized spacial score (nSPS) is 27.1. The van der Waals surface area contributed by atoms with Gasteiger partial charge in [0.05, 0.1) is 21.8 Å². The van der Waals surface area contributed by atoms with Crippen molar-refractivity contribution >= 4 is 39.0 Å². The Bertz CT molecular complexity index is 1430. The molecule has 2 bridgehead atoms. The highest BCUT2D eigenvalue weighted by Gasteiger charge is 2.47. The Kier molecular flexibility index (Phi) is 6.96. The van der Waals surface area contributed by atoms with E-state index in [1.807, 2.05) is 23.6 Å². The summed E-state index contributed by atoms with van der Waals surface area (Å²) >= 11 is 1.58. The average molecular weight is 561 g/mol. The first-order chi connectivity index (χ1) is 19.5. The van der Waals surface area contributed by atoms with Crippen LogP contribution in [0.3, 0.4) is 0 Å². The van der Waals surface area contributed by atoms with Crippen LogP contribution >= 0.6 is 11.3 Å². The summed E-state index contributed by atoms with van der Waals surface area (Å²) in [4.78, 5) is 26.8. The highest BCUT2D eigenvalue weighted by atomic mass is 32.1. The Morgan fingerprint density at radius 3 is 2.62 bits per heavy atom. The van der Waals surface area contributed by atoms with Gasteiger partial charge in [-0.05, 0) is 86.2 Å². The van der Waals surface area contributed by atoms with Gasteiger partial charge in [0.2, 0.25) is 5.91 Å². The molecule has 3 aromatic rings. The van der Waals surface area contributed by atoms with Crippen LogP contribution in [0.25, 0.3) is 10.2 Å². The molecule has 0 spiro atoms. The number of carbonyl (C=O) groups is 1. The van der Waals surface area contributed by atoms with E-state index >= 15 is 4.39 Å². The zero-order valence-electron chi connectivity index (χ0n) is 22.8. The minimum Gasteiger partial charge on any atom is -0.369 e. The molecule has 0 radical (unpaired) electrons. The van der Waals surface area contributed by atoms with Gasteiger partial charge in [0.15, 0.2) is 0 Å². The fraction of sp³-hybridized carbons (Fsp3) is 0.516. The van der Waals surface area contributed by atoms with E-state index < -0.39 is 0 Å². The SMILES string of the molecule is NC(=O)C1C2C=CC(C2)C1Nc1nc(Cc2ccc(N3CCC(N4CCCCC4)CC3)c(F)c2)nc2ccsc12. The van der Waals surface area contributed by atoms with Crippen molar-refractivity contribution in [3.8, 4) is 0 Å². The van der Waals surface area contributed by atoms with Crippen LogP contribution < -0.4 is 16.0 Å². The van der Waals surface area contributed by atoms with Gasteiger partial charge in [-0.25, -0.2) is 14.4 Å². The van der Waals surface area contributed by atoms with Crippen LogP contribution in [0.15, 0.2) is 41.8 Å². The van der Waals surface area contributed by atoms with Gasteiger partial charge >= 0.3 is 0 Å². The summed E-state index contributed by atoms with van der Waals surface area (Å²) in [6, 6.07) is 8.13. The van der Waals surface area contributed by atoms with Crippen LogP contribution in [-0.4, -0.2) is 59.0 Å². The number of nitrogens with two attached hydrogens (primary N) is 1. The third kappa shape index (κ3) is 4.87. The molecule has 1 aromatic carbocycles. The maximum atomic E-state index is 15.4. The number of nitrogens with zero attached hydrogens (tertiary/aromatic N) is 4. The summed E-state index contributed by atoms with van der Waals surface area (Å²) in [6.45, 7) is 4.23. The smallest absolute Gasteiger partial charge is 0.223 e. The average Bonchev–Trinajstić information content (AvgIpc) is 3.71. The summed E-state index contributed by atoms with van der Waals surface area (Å²) in [7, 11) is 0. The number of benzene rings is 1. The monoisotopic (exact) mass is 560 g/mol. The lowest BCUT2D eigenvalue weighted by atomic mass is 9.88. The van der Waals surface area contributed by atoms with Crippen LogP contribution in [0.5, 0.6) is 0 Å². The van der Waals surface area contributed by atoms with Gasteiger partial charge in [0, 0.05) is 31.6 Å². The number of hydrogen-bond donors (Lipinski definition) is 2. The van der Waals surface area contributed by atoms with E-state index in [-0.39, 0.29) is 35.5 Å². The van der Waals surface area contributed by atoms with Gasteiger partial charge in [-0.3, -0.25) is 4.79 Å². The summed E-state index contributed by atoms with van der Waals surface area (Å²) < 4.78 is 16.4. The molecule has 4 aliphatic rings. The number of hydrogen-bond acceptors (Lipinski definition) is 7. The van der Waals surface area contributed by atoms with Crippen molar-refractivity contribution in [1.82, 2.24) is 14.9 Å². The molecule has 2 aliphatic carbocycles. The number of anilines is 2. The van der Waals surface area contributed by atoms with E-state index in [9.17, 15) is 4.79 Å². The molecule has 7 rings (SSSR count). The Balaban J connectivity index is 1.06. The fourth-order valence-electron chi connectivity index (χ4n) is 7.51. The molecule has 3 N–H and O–H groups in total. The van der Waals surface area contributed by atoms with Gasteiger partial charge in [0.1, 0.15) is 17.5 Å². The number of piperidine rings is 2. The van der Waals surface area contributed by atoms with Crippen molar-refractivity contribution in [3.05, 3.63) is 59.0 Å². The van der Waals surface area contributed by atoms with Crippen LogP contribution in [-0.2, 0) is 11.2 Å².